The highest BCUT2D eigenvalue weighted by Crippen LogP contribution is 2.51. The minimum absolute atomic E-state index is 0.123. The van der Waals surface area contributed by atoms with Crippen LogP contribution in [0.5, 0.6) is 0 Å². The van der Waals surface area contributed by atoms with Gasteiger partial charge in [-0.25, -0.2) is 4.79 Å². The molecule has 0 aromatic heterocycles. The Morgan fingerprint density at radius 1 is 1.05 bits per heavy atom. The molecular weight excluding hydrogens is 268 g/mol. The van der Waals surface area contributed by atoms with E-state index in [9.17, 15) is 14.4 Å². The number of rotatable bonds is 4. The summed E-state index contributed by atoms with van der Waals surface area (Å²) in [6.45, 7) is 2.62. The fraction of sp³-hybridized carbons (Fsp3) is 0.812. The van der Waals surface area contributed by atoms with Gasteiger partial charge < -0.3 is 0 Å². The Labute approximate surface area is 125 Å². The zero-order chi connectivity index (χ0) is 15.1. The second kappa shape index (κ2) is 5.11. The fourth-order valence-electron chi connectivity index (χ4n) is 4.00. The number of nitrogens with zero attached hydrogens (tertiary/aromatic N) is 1. The molecule has 1 spiro atoms. The van der Waals surface area contributed by atoms with Crippen molar-refractivity contribution >= 4 is 17.8 Å². The van der Waals surface area contributed by atoms with Crippen molar-refractivity contribution in [2.75, 3.05) is 6.54 Å². The molecule has 4 amide bonds. The van der Waals surface area contributed by atoms with Crippen LogP contribution >= 0.6 is 0 Å². The zero-order valence-electron chi connectivity index (χ0n) is 12.7. The monoisotopic (exact) mass is 292 g/mol. The molecule has 0 unspecified atom stereocenters. The maximum Gasteiger partial charge on any atom is 0.330 e. The quantitative estimate of drug-likeness (QED) is 0.810. The highest BCUT2D eigenvalue weighted by molar-refractivity contribution is 6.19. The SMILES string of the molecule is CCCC1(CN2C(=O)NC(=O)C3(CCCCC3)C2=O)CC1. The Bertz CT molecular complexity index is 476. The molecule has 116 valence electrons. The highest BCUT2D eigenvalue weighted by atomic mass is 16.2. The van der Waals surface area contributed by atoms with Gasteiger partial charge in [0.1, 0.15) is 5.41 Å². The number of amides is 4. The lowest BCUT2D eigenvalue weighted by Gasteiger charge is -2.42. The van der Waals surface area contributed by atoms with Gasteiger partial charge in [0, 0.05) is 6.54 Å². The Morgan fingerprint density at radius 3 is 2.29 bits per heavy atom. The van der Waals surface area contributed by atoms with Crippen molar-refractivity contribution in [2.24, 2.45) is 10.8 Å². The third-order valence-electron chi connectivity index (χ3n) is 5.49. The maximum atomic E-state index is 12.9. The van der Waals surface area contributed by atoms with Crippen LogP contribution in [0.2, 0.25) is 0 Å². The van der Waals surface area contributed by atoms with Crippen LogP contribution < -0.4 is 5.32 Å². The predicted molar refractivity (Wildman–Crippen MR) is 77.3 cm³/mol. The number of urea groups is 1. The molecule has 5 heteroatoms. The lowest BCUT2D eigenvalue weighted by atomic mass is 9.71. The van der Waals surface area contributed by atoms with E-state index >= 15 is 0 Å². The molecule has 1 N–H and O–H groups in total. The minimum Gasteiger partial charge on any atom is -0.277 e. The number of carbonyl (C=O) groups is 3. The first-order valence-electron chi connectivity index (χ1n) is 8.20. The third-order valence-corrected chi connectivity index (χ3v) is 5.49. The molecule has 21 heavy (non-hydrogen) atoms. The number of imide groups is 2. The minimum atomic E-state index is -0.964. The molecule has 3 aliphatic rings. The Balaban J connectivity index is 1.81. The molecule has 0 radical (unpaired) electrons. The summed E-state index contributed by atoms with van der Waals surface area (Å²) in [4.78, 5) is 38.6. The molecule has 0 bridgehead atoms. The van der Waals surface area contributed by atoms with Crippen LogP contribution in [0, 0.1) is 10.8 Å². The number of hydrogen-bond donors (Lipinski definition) is 1. The van der Waals surface area contributed by atoms with E-state index in [1.54, 1.807) is 0 Å². The van der Waals surface area contributed by atoms with Crippen molar-refractivity contribution in [1.82, 2.24) is 10.2 Å². The molecule has 2 aliphatic carbocycles. The largest absolute Gasteiger partial charge is 0.330 e. The summed E-state index contributed by atoms with van der Waals surface area (Å²) in [6, 6.07) is -0.511. The van der Waals surface area contributed by atoms with Gasteiger partial charge in [-0.05, 0) is 37.5 Å². The summed E-state index contributed by atoms with van der Waals surface area (Å²) in [6.07, 6.45) is 8.29. The van der Waals surface area contributed by atoms with Gasteiger partial charge >= 0.3 is 6.03 Å². The first-order valence-corrected chi connectivity index (χ1v) is 8.20. The molecule has 0 aromatic carbocycles. The van der Waals surface area contributed by atoms with Gasteiger partial charge in [-0.1, -0.05) is 32.6 Å². The molecular formula is C16H24N2O3. The van der Waals surface area contributed by atoms with E-state index < -0.39 is 11.4 Å². The van der Waals surface area contributed by atoms with Gasteiger partial charge in [0.25, 0.3) is 0 Å². The third kappa shape index (κ3) is 2.36. The van der Waals surface area contributed by atoms with Crippen molar-refractivity contribution in [3.63, 3.8) is 0 Å². The Morgan fingerprint density at radius 2 is 1.71 bits per heavy atom. The lowest BCUT2D eigenvalue weighted by molar-refractivity contribution is -0.154. The van der Waals surface area contributed by atoms with Crippen LogP contribution in [-0.2, 0) is 9.59 Å². The van der Waals surface area contributed by atoms with Crippen LogP contribution in [0.3, 0.4) is 0 Å². The molecule has 1 saturated heterocycles. The van der Waals surface area contributed by atoms with Crippen molar-refractivity contribution in [3.05, 3.63) is 0 Å². The average molecular weight is 292 g/mol. The van der Waals surface area contributed by atoms with Crippen LogP contribution in [0.15, 0.2) is 0 Å². The second-order valence-corrected chi connectivity index (χ2v) is 7.04. The van der Waals surface area contributed by atoms with Gasteiger partial charge in [-0.3, -0.25) is 19.8 Å². The predicted octanol–water partition coefficient (Wildman–Crippen LogP) is 2.60. The van der Waals surface area contributed by atoms with Gasteiger partial charge in [0.2, 0.25) is 11.8 Å². The lowest BCUT2D eigenvalue weighted by Crippen LogP contribution is -2.65. The van der Waals surface area contributed by atoms with Gasteiger partial charge in [-0.15, -0.1) is 0 Å². The van der Waals surface area contributed by atoms with Gasteiger partial charge in [-0.2, -0.15) is 0 Å². The van der Waals surface area contributed by atoms with E-state index in [0.29, 0.717) is 19.4 Å². The smallest absolute Gasteiger partial charge is 0.277 e. The van der Waals surface area contributed by atoms with Crippen molar-refractivity contribution in [2.45, 2.75) is 64.7 Å². The molecule has 3 fully saturated rings. The Kier molecular flexibility index (Phi) is 3.54. The van der Waals surface area contributed by atoms with Crippen molar-refractivity contribution in [3.8, 4) is 0 Å². The van der Waals surface area contributed by atoms with Crippen LogP contribution in [0.1, 0.15) is 64.7 Å². The Hall–Kier alpha value is -1.39. The summed E-state index contributed by atoms with van der Waals surface area (Å²) in [5.74, 6) is -0.605. The van der Waals surface area contributed by atoms with Gasteiger partial charge in [0.05, 0.1) is 0 Å². The molecule has 0 atom stereocenters. The molecule has 2 saturated carbocycles. The van der Waals surface area contributed by atoms with E-state index in [0.717, 1.165) is 44.9 Å². The number of barbiturate groups is 1. The molecule has 1 aliphatic heterocycles. The maximum absolute atomic E-state index is 12.9. The summed E-state index contributed by atoms with van der Waals surface area (Å²) in [5, 5.41) is 2.44. The summed E-state index contributed by atoms with van der Waals surface area (Å²) >= 11 is 0. The van der Waals surface area contributed by atoms with Gasteiger partial charge in [0.15, 0.2) is 0 Å². The van der Waals surface area contributed by atoms with E-state index in [1.165, 1.54) is 4.90 Å². The van der Waals surface area contributed by atoms with E-state index in [-0.39, 0.29) is 17.2 Å². The first-order chi connectivity index (χ1) is 10.0. The summed E-state index contributed by atoms with van der Waals surface area (Å²) in [5.41, 5.74) is -0.841. The standard InChI is InChI=1S/C16H24N2O3/c1-2-6-15(9-10-15)11-18-13(20)16(7-4-3-5-8-16)12(19)17-14(18)21/h2-11H2,1H3,(H,17,19,21). The number of hydrogen-bond acceptors (Lipinski definition) is 3. The highest BCUT2D eigenvalue weighted by Gasteiger charge is 2.56. The van der Waals surface area contributed by atoms with Crippen molar-refractivity contribution in [1.29, 1.82) is 0 Å². The van der Waals surface area contributed by atoms with E-state index in [1.807, 2.05) is 0 Å². The normalized spacial score (nSPS) is 26.9. The zero-order valence-corrected chi connectivity index (χ0v) is 12.7. The molecule has 0 aromatic rings. The molecule has 1 heterocycles. The summed E-state index contributed by atoms with van der Waals surface area (Å²) in [7, 11) is 0. The number of nitrogens with one attached hydrogen (secondary N) is 1. The number of carbonyl (C=O) groups excluding carboxylic acids is 3. The van der Waals surface area contributed by atoms with Crippen LogP contribution in [0.4, 0.5) is 4.79 Å². The van der Waals surface area contributed by atoms with Crippen LogP contribution in [0.25, 0.3) is 0 Å². The van der Waals surface area contributed by atoms with Crippen molar-refractivity contribution < 1.29 is 14.4 Å². The first kappa shape index (κ1) is 14.5. The fourth-order valence-corrected chi connectivity index (χ4v) is 4.00. The summed E-state index contributed by atoms with van der Waals surface area (Å²) < 4.78 is 0. The van der Waals surface area contributed by atoms with E-state index in [2.05, 4.69) is 12.2 Å². The van der Waals surface area contributed by atoms with E-state index in [4.69, 9.17) is 0 Å². The topological polar surface area (TPSA) is 66.5 Å². The van der Waals surface area contributed by atoms with Crippen LogP contribution in [-0.4, -0.2) is 29.3 Å². The molecule has 3 rings (SSSR count). The average Bonchev–Trinajstić information content (AvgIpc) is 3.23. The molecule has 5 nitrogen and oxygen atoms in total. The second-order valence-electron chi connectivity index (χ2n) is 7.04.